The standard InChI is InChI=1S/C17H15ClN2O4/c1-9(21)19-13-8-12(20-16(15(13)18)17(22)23-2)10-3-4-14-11(7-10)5-6-24-14/h3-4,7-8H,5-6H2,1-2H3,(H,19,20,21). The average Bonchev–Trinajstić information content (AvgIpc) is 3.03. The van der Waals surface area contributed by atoms with Gasteiger partial charge in [0, 0.05) is 18.9 Å². The number of ether oxygens (including phenoxy) is 2. The quantitative estimate of drug-likeness (QED) is 0.864. The maximum Gasteiger partial charge on any atom is 0.358 e. The van der Waals surface area contributed by atoms with Gasteiger partial charge in [0.2, 0.25) is 5.91 Å². The number of hydrogen-bond acceptors (Lipinski definition) is 5. The van der Waals surface area contributed by atoms with Gasteiger partial charge in [-0.25, -0.2) is 9.78 Å². The molecule has 1 N–H and O–H groups in total. The lowest BCUT2D eigenvalue weighted by atomic mass is 10.0. The van der Waals surface area contributed by atoms with E-state index in [9.17, 15) is 9.59 Å². The average molecular weight is 347 g/mol. The molecule has 3 rings (SSSR count). The third-order valence-corrected chi connectivity index (χ3v) is 4.01. The van der Waals surface area contributed by atoms with Gasteiger partial charge in [-0.05, 0) is 29.8 Å². The normalized spacial score (nSPS) is 12.3. The van der Waals surface area contributed by atoms with E-state index >= 15 is 0 Å². The Balaban J connectivity index is 2.13. The van der Waals surface area contributed by atoms with Crippen LogP contribution in [0.5, 0.6) is 5.75 Å². The van der Waals surface area contributed by atoms with Crippen LogP contribution in [0.15, 0.2) is 24.3 Å². The molecule has 0 bridgehead atoms. The van der Waals surface area contributed by atoms with E-state index in [0.717, 1.165) is 23.3 Å². The summed E-state index contributed by atoms with van der Waals surface area (Å²) in [5.74, 6) is -0.117. The van der Waals surface area contributed by atoms with E-state index in [2.05, 4.69) is 10.3 Å². The molecule has 24 heavy (non-hydrogen) atoms. The van der Waals surface area contributed by atoms with Crippen LogP contribution in [0.3, 0.4) is 0 Å². The van der Waals surface area contributed by atoms with Crippen molar-refractivity contribution in [2.75, 3.05) is 19.0 Å². The Morgan fingerprint density at radius 2 is 2.12 bits per heavy atom. The van der Waals surface area contributed by atoms with Crippen molar-refractivity contribution in [1.29, 1.82) is 0 Å². The number of methoxy groups -OCH3 is 1. The van der Waals surface area contributed by atoms with E-state index in [0.29, 0.717) is 18.0 Å². The molecule has 1 aromatic heterocycles. The number of pyridine rings is 1. The van der Waals surface area contributed by atoms with Crippen LogP contribution in [0.25, 0.3) is 11.3 Å². The zero-order valence-corrected chi connectivity index (χ0v) is 13.9. The first-order valence-corrected chi connectivity index (χ1v) is 7.70. The maximum atomic E-state index is 11.9. The van der Waals surface area contributed by atoms with Crippen LogP contribution >= 0.6 is 11.6 Å². The minimum Gasteiger partial charge on any atom is -0.493 e. The molecular weight excluding hydrogens is 332 g/mol. The van der Waals surface area contributed by atoms with E-state index in [-0.39, 0.29) is 16.6 Å². The van der Waals surface area contributed by atoms with E-state index in [1.165, 1.54) is 14.0 Å². The van der Waals surface area contributed by atoms with Gasteiger partial charge >= 0.3 is 5.97 Å². The number of fused-ring (bicyclic) bond motifs is 1. The van der Waals surface area contributed by atoms with Gasteiger partial charge in [0.05, 0.1) is 30.1 Å². The number of benzene rings is 1. The van der Waals surface area contributed by atoms with Crippen LogP contribution in [0, 0.1) is 0 Å². The highest BCUT2D eigenvalue weighted by Gasteiger charge is 2.20. The molecule has 124 valence electrons. The van der Waals surface area contributed by atoms with Gasteiger partial charge in [0.1, 0.15) is 5.75 Å². The minimum atomic E-state index is -0.669. The molecule has 0 saturated carbocycles. The zero-order chi connectivity index (χ0) is 17.3. The van der Waals surface area contributed by atoms with Crippen LogP contribution in [-0.4, -0.2) is 30.6 Å². The van der Waals surface area contributed by atoms with Crippen molar-refractivity contribution >= 4 is 29.2 Å². The van der Waals surface area contributed by atoms with Gasteiger partial charge < -0.3 is 14.8 Å². The molecular formula is C17H15ClN2O4. The number of nitrogens with zero attached hydrogens (tertiary/aromatic N) is 1. The first-order chi connectivity index (χ1) is 11.5. The van der Waals surface area contributed by atoms with Gasteiger partial charge in [0.25, 0.3) is 0 Å². The monoisotopic (exact) mass is 346 g/mol. The fourth-order valence-corrected chi connectivity index (χ4v) is 2.76. The van der Waals surface area contributed by atoms with Crippen molar-refractivity contribution in [1.82, 2.24) is 4.98 Å². The lowest BCUT2D eigenvalue weighted by molar-refractivity contribution is -0.114. The van der Waals surface area contributed by atoms with E-state index < -0.39 is 5.97 Å². The van der Waals surface area contributed by atoms with E-state index in [4.69, 9.17) is 21.1 Å². The van der Waals surface area contributed by atoms with Crippen LogP contribution in [0.2, 0.25) is 5.02 Å². The van der Waals surface area contributed by atoms with Gasteiger partial charge in [-0.15, -0.1) is 0 Å². The SMILES string of the molecule is COC(=O)c1nc(-c2ccc3c(c2)CCO3)cc(NC(C)=O)c1Cl. The first-order valence-electron chi connectivity index (χ1n) is 7.32. The summed E-state index contributed by atoms with van der Waals surface area (Å²) in [7, 11) is 1.25. The Morgan fingerprint density at radius 1 is 1.33 bits per heavy atom. The summed E-state index contributed by atoms with van der Waals surface area (Å²) in [5.41, 5.74) is 2.65. The minimum absolute atomic E-state index is 0.0443. The number of esters is 1. The molecule has 0 spiro atoms. The van der Waals surface area contributed by atoms with Gasteiger partial charge in [-0.2, -0.15) is 0 Å². The maximum absolute atomic E-state index is 11.9. The largest absolute Gasteiger partial charge is 0.493 e. The predicted octanol–water partition coefficient (Wildman–Crippen LogP) is 3.08. The predicted molar refractivity (Wildman–Crippen MR) is 89.5 cm³/mol. The Bertz CT molecular complexity index is 836. The molecule has 1 amide bonds. The molecule has 0 radical (unpaired) electrons. The number of halogens is 1. The lowest BCUT2D eigenvalue weighted by Crippen LogP contribution is -2.12. The lowest BCUT2D eigenvalue weighted by Gasteiger charge is -2.12. The van der Waals surface area contributed by atoms with Gasteiger partial charge in [-0.1, -0.05) is 11.6 Å². The second kappa shape index (κ2) is 6.49. The first kappa shape index (κ1) is 16.3. The molecule has 0 aliphatic carbocycles. The Labute approximate surface area is 143 Å². The third-order valence-electron chi connectivity index (χ3n) is 3.63. The van der Waals surface area contributed by atoms with Crippen molar-refractivity contribution in [2.45, 2.75) is 13.3 Å². The van der Waals surface area contributed by atoms with Crippen molar-refractivity contribution in [3.8, 4) is 17.0 Å². The summed E-state index contributed by atoms with van der Waals surface area (Å²) in [6, 6.07) is 7.30. The van der Waals surface area contributed by atoms with Gasteiger partial charge in [0.15, 0.2) is 5.69 Å². The van der Waals surface area contributed by atoms with Gasteiger partial charge in [-0.3, -0.25) is 4.79 Å². The second-order valence-electron chi connectivity index (χ2n) is 5.31. The molecule has 1 aliphatic rings. The molecule has 0 unspecified atom stereocenters. The summed E-state index contributed by atoms with van der Waals surface area (Å²) in [6.45, 7) is 2.01. The van der Waals surface area contributed by atoms with Crippen LogP contribution < -0.4 is 10.1 Å². The second-order valence-corrected chi connectivity index (χ2v) is 5.69. The van der Waals surface area contributed by atoms with Crippen LogP contribution in [0.1, 0.15) is 23.0 Å². The number of carbonyl (C=O) groups excluding carboxylic acids is 2. The number of amides is 1. The summed E-state index contributed by atoms with van der Waals surface area (Å²) in [5, 5.41) is 2.66. The number of anilines is 1. The Morgan fingerprint density at radius 3 is 2.83 bits per heavy atom. The summed E-state index contributed by atoms with van der Waals surface area (Å²) in [4.78, 5) is 27.6. The Hall–Kier alpha value is -2.60. The Kier molecular flexibility index (Phi) is 4.40. The third kappa shape index (κ3) is 3.05. The summed E-state index contributed by atoms with van der Waals surface area (Å²) < 4.78 is 10.2. The highest BCUT2D eigenvalue weighted by Crippen LogP contribution is 2.34. The molecule has 0 fully saturated rings. The molecule has 6 nitrogen and oxygen atoms in total. The zero-order valence-electron chi connectivity index (χ0n) is 13.2. The molecule has 7 heteroatoms. The molecule has 1 aromatic carbocycles. The number of carbonyl (C=O) groups is 2. The fourth-order valence-electron chi connectivity index (χ4n) is 2.54. The molecule has 1 aliphatic heterocycles. The summed E-state index contributed by atoms with van der Waals surface area (Å²) >= 11 is 6.18. The van der Waals surface area contributed by atoms with E-state index in [1.807, 2.05) is 18.2 Å². The summed E-state index contributed by atoms with van der Waals surface area (Å²) in [6.07, 6.45) is 0.819. The highest BCUT2D eigenvalue weighted by atomic mass is 35.5. The topological polar surface area (TPSA) is 77.5 Å². The number of nitrogens with one attached hydrogen (secondary N) is 1. The van der Waals surface area contributed by atoms with Crippen molar-refractivity contribution in [3.05, 3.63) is 40.5 Å². The molecule has 0 saturated heterocycles. The smallest absolute Gasteiger partial charge is 0.358 e. The van der Waals surface area contributed by atoms with Crippen LogP contribution in [-0.2, 0) is 16.0 Å². The van der Waals surface area contributed by atoms with E-state index in [1.54, 1.807) is 6.07 Å². The molecule has 2 aromatic rings. The van der Waals surface area contributed by atoms with Crippen molar-refractivity contribution in [2.24, 2.45) is 0 Å². The van der Waals surface area contributed by atoms with Crippen molar-refractivity contribution in [3.63, 3.8) is 0 Å². The van der Waals surface area contributed by atoms with Crippen LogP contribution in [0.4, 0.5) is 5.69 Å². The fraction of sp³-hybridized carbons (Fsp3) is 0.235. The highest BCUT2D eigenvalue weighted by molar-refractivity contribution is 6.36. The number of aromatic nitrogens is 1. The number of rotatable bonds is 3. The molecule has 0 atom stereocenters. The number of hydrogen-bond donors (Lipinski definition) is 1. The van der Waals surface area contributed by atoms with Crippen molar-refractivity contribution < 1.29 is 19.1 Å². The molecule has 2 heterocycles.